The van der Waals surface area contributed by atoms with Gasteiger partial charge < -0.3 is 20.9 Å². The number of benzene rings is 1. The molecule has 0 saturated heterocycles. The Morgan fingerprint density at radius 3 is 2.63 bits per heavy atom. The van der Waals surface area contributed by atoms with Crippen LogP contribution in [-0.2, 0) is 4.79 Å². The molecule has 4 N–H and O–H groups in total. The first-order valence-corrected chi connectivity index (χ1v) is 6.36. The number of nitrogens with one attached hydrogen (secondary N) is 1. The Bertz CT molecular complexity index is 392. The highest BCUT2D eigenvalue weighted by atomic mass is 16.5. The van der Waals surface area contributed by atoms with E-state index in [9.17, 15) is 9.90 Å². The number of nitrogens with two attached hydrogens (primary N) is 1. The molecule has 0 aliphatic carbocycles. The first-order valence-electron chi connectivity index (χ1n) is 6.36. The summed E-state index contributed by atoms with van der Waals surface area (Å²) in [6.07, 6.45) is -0.373. The molecule has 106 valence electrons. The lowest BCUT2D eigenvalue weighted by atomic mass is 10.2. The minimum Gasteiger partial charge on any atom is -0.491 e. The monoisotopic (exact) mass is 266 g/mol. The number of carbonyl (C=O) groups is 1. The molecule has 2 unspecified atom stereocenters. The van der Waals surface area contributed by atoms with Crippen molar-refractivity contribution in [1.82, 2.24) is 5.32 Å². The molecule has 19 heavy (non-hydrogen) atoms. The number of carbonyl (C=O) groups excluding carboxylic acids is 1. The van der Waals surface area contributed by atoms with Gasteiger partial charge in [-0.25, -0.2) is 0 Å². The second-order valence-electron chi connectivity index (χ2n) is 4.76. The summed E-state index contributed by atoms with van der Waals surface area (Å²) in [7, 11) is 0. The third-order valence-corrected chi connectivity index (χ3v) is 2.67. The molecule has 0 heterocycles. The third kappa shape index (κ3) is 6.79. The van der Waals surface area contributed by atoms with Gasteiger partial charge in [-0.3, -0.25) is 4.79 Å². The lowest BCUT2D eigenvalue weighted by molar-refractivity contribution is -0.118. The number of aliphatic hydroxyl groups excluding tert-OH is 1. The molecule has 0 spiro atoms. The minimum absolute atomic E-state index is 0.0495. The highest BCUT2D eigenvalue weighted by Gasteiger charge is 2.09. The molecule has 0 saturated carbocycles. The Morgan fingerprint density at radius 1 is 1.42 bits per heavy atom. The predicted molar refractivity (Wildman–Crippen MR) is 74.0 cm³/mol. The number of hydrogen-bond acceptors (Lipinski definition) is 4. The fraction of sp³-hybridized carbons (Fsp3) is 0.500. The van der Waals surface area contributed by atoms with Crippen LogP contribution in [0.2, 0.25) is 0 Å². The number of rotatable bonds is 8. The summed E-state index contributed by atoms with van der Waals surface area (Å²) < 4.78 is 5.45. The highest BCUT2D eigenvalue weighted by Crippen LogP contribution is 2.11. The number of aliphatic hydroxyl groups is 1. The van der Waals surface area contributed by atoms with Gasteiger partial charge in [0.15, 0.2) is 0 Å². The fourth-order valence-electron chi connectivity index (χ4n) is 1.60. The van der Waals surface area contributed by atoms with E-state index < -0.39 is 6.10 Å². The van der Waals surface area contributed by atoms with Crippen LogP contribution in [-0.4, -0.2) is 36.3 Å². The maximum Gasteiger partial charge on any atom is 0.218 e. The van der Waals surface area contributed by atoms with E-state index in [2.05, 4.69) is 5.32 Å². The number of ether oxygens (including phenoxy) is 1. The van der Waals surface area contributed by atoms with Crippen LogP contribution < -0.4 is 15.8 Å². The number of aryl methyl sites for hydroxylation is 1. The lowest BCUT2D eigenvalue weighted by Gasteiger charge is -2.16. The Balaban J connectivity index is 2.22. The first-order chi connectivity index (χ1) is 8.97. The van der Waals surface area contributed by atoms with Crippen molar-refractivity contribution in [2.24, 2.45) is 5.73 Å². The van der Waals surface area contributed by atoms with E-state index in [0.717, 1.165) is 11.3 Å². The van der Waals surface area contributed by atoms with Gasteiger partial charge in [0.1, 0.15) is 18.5 Å². The predicted octanol–water partition coefficient (Wildman–Crippen LogP) is 0.588. The maximum absolute atomic E-state index is 10.7. The van der Waals surface area contributed by atoms with Crippen molar-refractivity contribution in [2.75, 3.05) is 13.2 Å². The number of amides is 1. The summed E-state index contributed by atoms with van der Waals surface area (Å²) in [4.78, 5) is 10.7. The molecule has 0 aliphatic rings. The van der Waals surface area contributed by atoms with Crippen molar-refractivity contribution >= 4 is 5.91 Å². The normalized spacial score (nSPS) is 13.8. The van der Waals surface area contributed by atoms with Crippen molar-refractivity contribution in [3.8, 4) is 5.75 Å². The first kappa shape index (κ1) is 15.5. The van der Waals surface area contributed by atoms with E-state index in [1.165, 1.54) is 0 Å². The SMILES string of the molecule is Cc1ccc(OCC(O)CNC(C)CC(N)=O)cc1. The topological polar surface area (TPSA) is 84.6 Å². The molecule has 1 amide bonds. The molecular weight excluding hydrogens is 244 g/mol. The molecule has 0 fully saturated rings. The van der Waals surface area contributed by atoms with Gasteiger partial charge in [-0.05, 0) is 26.0 Å². The Hall–Kier alpha value is -1.59. The smallest absolute Gasteiger partial charge is 0.218 e. The van der Waals surface area contributed by atoms with Crippen LogP contribution >= 0.6 is 0 Å². The molecular formula is C14H22N2O3. The van der Waals surface area contributed by atoms with Crippen LogP contribution in [0.3, 0.4) is 0 Å². The van der Waals surface area contributed by atoms with Gasteiger partial charge in [-0.15, -0.1) is 0 Å². The van der Waals surface area contributed by atoms with Crippen molar-refractivity contribution in [2.45, 2.75) is 32.4 Å². The molecule has 0 radical (unpaired) electrons. The van der Waals surface area contributed by atoms with Crippen LogP contribution in [0.15, 0.2) is 24.3 Å². The zero-order valence-electron chi connectivity index (χ0n) is 11.4. The molecule has 1 aromatic carbocycles. The quantitative estimate of drug-likeness (QED) is 0.643. The lowest BCUT2D eigenvalue weighted by Crippen LogP contribution is -2.38. The average Bonchev–Trinajstić information content (AvgIpc) is 2.35. The van der Waals surface area contributed by atoms with Crippen molar-refractivity contribution < 1.29 is 14.6 Å². The van der Waals surface area contributed by atoms with Crippen molar-refractivity contribution in [3.05, 3.63) is 29.8 Å². The molecule has 5 nitrogen and oxygen atoms in total. The minimum atomic E-state index is -0.628. The van der Waals surface area contributed by atoms with Crippen molar-refractivity contribution in [1.29, 1.82) is 0 Å². The van der Waals surface area contributed by atoms with E-state index in [4.69, 9.17) is 10.5 Å². The van der Waals surface area contributed by atoms with Gasteiger partial charge in [0.05, 0.1) is 0 Å². The van der Waals surface area contributed by atoms with Gasteiger partial charge in [0, 0.05) is 19.0 Å². The van der Waals surface area contributed by atoms with Crippen LogP contribution in [0.25, 0.3) is 0 Å². The van der Waals surface area contributed by atoms with E-state index in [0.29, 0.717) is 6.54 Å². The molecule has 1 aromatic rings. The second-order valence-corrected chi connectivity index (χ2v) is 4.76. The van der Waals surface area contributed by atoms with Crippen LogP contribution in [0.4, 0.5) is 0 Å². The fourth-order valence-corrected chi connectivity index (χ4v) is 1.60. The van der Waals surface area contributed by atoms with E-state index >= 15 is 0 Å². The van der Waals surface area contributed by atoms with Gasteiger partial charge in [0.25, 0.3) is 0 Å². The van der Waals surface area contributed by atoms with Gasteiger partial charge in [0.2, 0.25) is 5.91 Å². The summed E-state index contributed by atoms with van der Waals surface area (Å²) in [5, 5.41) is 12.8. The zero-order chi connectivity index (χ0) is 14.3. The number of primary amides is 1. The van der Waals surface area contributed by atoms with Gasteiger partial charge in [-0.1, -0.05) is 17.7 Å². The van der Waals surface area contributed by atoms with Crippen LogP contribution in [0.5, 0.6) is 5.75 Å². The Labute approximate surface area is 113 Å². The Morgan fingerprint density at radius 2 is 2.05 bits per heavy atom. The maximum atomic E-state index is 10.7. The van der Waals surface area contributed by atoms with Gasteiger partial charge >= 0.3 is 0 Å². The summed E-state index contributed by atoms with van der Waals surface area (Å²) in [6, 6.07) is 7.59. The molecule has 2 atom stereocenters. The Kier molecular flexibility index (Phi) is 6.32. The summed E-state index contributed by atoms with van der Waals surface area (Å²) in [5.41, 5.74) is 6.24. The number of hydrogen-bond donors (Lipinski definition) is 3. The second kappa shape index (κ2) is 7.76. The standard InChI is InChI=1S/C14H22N2O3/c1-10-3-5-13(6-4-10)19-9-12(17)8-16-11(2)7-14(15)18/h3-6,11-12,16-17H,7-9H2,1-2H3,(H2,15,18). The third-order valence-electron chi connectivity index (χ3n) is 2.67. The summed E-state index contributed by atoms with van der Waals surface area (Å²) in [5.74, 6) is 0.375. The molecule has 0 aliphatic heterocycles. The largest absolute Gasteiger partial charge is 0.491 e. The average molecular weight is 266 g/mol. The molecule has 0 bridgehead atoms. The highest BCUT2D eigenvalue weighted by molar-refractivity contribution is 5.74. The van der Waals surface area contributed by atoms with Crippen LogP contribution in [0.1, 0.15) is 18.9 Å². The van der Waals surface area contributed by atoms with Crippen LogP contribution in [0, 0.1) is 6.92 Å². The van der Waals surface area contributed by atoms with Crippen molar-refractivity contribution in [3.63, 3.8) is 0 Å². The van der Waals surface area contributed by atoms with E-state index in [1.807, 2.05) is 38.1 Å². The van der Waals surface area contributed by atoms with E-state index in [1.54, 1.807) is 0 Å². The molecule has 5 heteroatoms. The van der Waals surface area contributed by atoms with E-state index in [-0.39, 0.29) is 25.0 Å². The summed E-state index contributed by atoms with van der Waals surface area (Å²) in [6.45, 7) is 4.42. The summed E-state index contributed by atoms with van der Waals surface area (Å²) >= 11 is 0. The van der Waals surface area contributed by atoms with Gasteiger partial charge in [-0.2, -0.15) is 0 Å². The zero-order valence-corrected chi connectivity index (χ0v) is 11.4. The molecule has 0 aromatic heterocycles. The molecule has 1 rings (SSSR count).